The van der Waals surface area contributed by atoms with Crippen molar-refractivity contribution < 1.29 is 4.79 Å². The van der Waals surface area contributed by atoms with Crippen molar-refractivity contribution in [1.82, 2.24) is 0 Å². The molecule has 0 bridgehead atoms. The molecular weight excluding hydrogens is 317 g/mol. The maximum atomic E-state index is 12.3. The van der Waals surface area contributed by atoms with Crippen LogP contribution in [0.3, 0.4) is 0 Å². The maximum Gasteiger partial charge on any atom is 0.228 e. The zero-order chi connectivity index (χ0) is 15.9. The molecule has 0 aromatic heterocycles. The van der Waals surface area contributed by atoms with Crippen LogP contribution in [-0.2, 0) is 4.79 Å². The average Bonchev–Trinajstić information content (AvgIpc) is 3.22. The summed E-state index contributed by atoms with van der Waals surface area (Å²) in [5, 5.41) is 4.22. The standard InChI is InChI=1S/C18H17Cl2NO/c1-10-3-4-15(5-11(10)2)21-18(22)17-9-16(17)12-6-13(19)8-14(20)7-12/h3-8,16-17H,9H2,1-2H3,(H,21,22). The molecule has 1 N–H and O–H groups in total. The van der Waals surface area contributed by atoms with E-state index in [1.165, 1.54) is 11.1 Å². The summed E-state index contributed by atoms with van der Waals surface area (Å²) in [7, 11) is 0. The lowest BCUT2D eigenvalue weighted by Crippen LogP contribution is -2.14. The van der Waals surface area contributed by atoms with E-state index in [0.29, 0.717) is 10.0 Å². The van der Waals surface area contributed by atoms with Gasteiger partial charge < -0.3 is 5.32 Å². The van der Waals surface area contributed by atoms with Crippen molar-refractivity contribution in [1.29, 1.82) is 0 Å². The minimum absolute atomic E-state index is 0.00357. The normalized spacial score (nSPS) is 19.8. The molecule has 114 valence electrons. The Bertz CT molecular complexity index is 722. The molecule has 2 atom stereocenters. The number of aryl methyl sites for hydroxylation is 2. The molecule has 1 aliphatic rings. The van der Waals surface area contributed by atoms with Gasteiger partial charge in [0.05, 0.1) is 0 Å². The Labute approximate surface area is 140 Å². The van der Waals surface area contributed by atoms with Crippen molar-refractivity contribution in [3.63, 3.8) is 0 Å². The van der Waals surface area contributed by atoms with Crippen LogP contribution in [0.25, 0.3) is 0 Å². The minimum Gasteiger partial charge on any atom is -0.326 e. The highest BCUT2D eigenvalue weighted by molar-refractivity contribution is 6.34. The summed E-state index contributed by atoms with van der Waals surface area (Å²) in [5.74, 6) is 0.267. The number of carbonyl (C=O) groups excluding carboxylic acids is 1. The van der Waals surface area contributed by atoms with Crippen LogP contribution in [-0.4, -0.2) is 5.91 Å². The van der Waals surface area contributed by atoms with Crippen molar-refractivity contribution in [3.8, 4) is 0 Å². The van der Waals surface area contributed by atoms with Crippen molar-refractivity contribution in [2.75, 3.05) is 5.32 Å². The van der Waals surface area contributed by atoms with E-state index < -0.39 is 0 Å². The van der Waals surface area contributed by atoms with Crippen molar-refractivity contribution >= 4 is 34.8 Å². The zero-order valence-electron chi connectivity index (χ0n) is 12.5. The van der Waals surface area contributed by atoms with E-state index in [1.807, 2.05) is 37.3 Å². The first kappa shape index (κ1) is 15.4. The van der Waals surface area contributed by atoms with Gasteiger partial charge in [0, 0.05) is 21.7 Å². The molecule has 0 heterocycles. The number of hydrogen-bond donors (Lipinski definition) is 1. The molecule has 22 heavy (non-hydrogen) atoms. The van der Waals surface area contributed by atoms with Gasteiger partial charge in [-0.25, -0.2) is 0 Å². The van der Waals surface area contributed by atoms with Gasteiger partial charge in [0.25, 0.3) is 0 Å². The van der Waals surface area contributed by atoms with Crippen LogP contribution >= 0.6 is 23.2 Å². The van der Waals surface area contributed by atoms with Gasteiger partial charge >= 0.3 is 0 Å². The van der Waals surface area contributed by atoms with E-state index in [2.05, 4.69) is 12.2 Å². The molecule has 1 saturated carbocycles. The van der Waals surface area contributed by atoms with E-state index in [1.54, 1.807) is 6.07 Å². The summed E-state index contributed by atoms with van der Waals surface area (Å²) in [6.45, 7) is 4.10. The Morgan fingerprint density at radius 3 is 2.36 bits per heavy atom. The van der Waals surface area contributed by atoms with Gasteiger partial charge in [-0.3, -0.25) is 4.79 Å². The van der Waals surface area contributed by atoms with Gasteiger partial charge in [0.1, 0.15) is 0 Å². The number of anilines is 1. The lowest BCUT2D eigenvalue weighted by atomic mass is 10.1. The quantitative estimate of drug-likeness (QED) is 0.805. The predicted molar refractivity (Wildman–Crippen MR) is 91.9 cm³/mol. The summed E-state index contributed by atoms with van der Waals surface area (Å²) in [4.78, 5) is 12.3. The molecule has 3 rings (SSSR count). The zero-order valence-corrected chi connectivity index (χ0v) is 14.0. The average molecular weight is 334 g/mol. The summed E-state index contributed by atoms with van der Waals surface area (Å²) in [6.07, 6.45) is 0.841. The molecule has 2 aromatic rings. The number of benzene rings is 2. The monoisotopic (exact) mass is 333 g/mol. The number of carbonyl (C=O) groups is 1. The molecule has 1 fully saturated rings. The SMILES string of the molecule is Cc1ccc(NC(=O)C2CC2c2cc(Cl)cc(Cl)c2)cc1C. The predicted octanol–water partition coefficient (Wildman–Crippen LogP) is 5.35. The third-order valence-corrected chi connectivity index (χ3v) is 4.65. The van der Waals surface area contributed by atoms with Crippen LogP contribution in [0.15, 0.2) is 36.4 Å². The van der Waals surface area contributed by atoms with Crippen molar-refractivity contribution in [2.45, 2.75) is 26.2 Å². The molecule has 0 radical (unpaired) electrons. The smallest absolute Gasteiger partial charge is 0.228 e. The van der Waals surface area contributed by atoms with E-state index in [0.717, 1.165) is 17.7 Å². The first-order valence-electron chi connectivity index (χ1n) is 7.28. The lowest BCUT2D eigenvalue weighted by molar-refractivity contribution is -0.117. The Balaban J connectivity index is 1.68. The van der Waals surface area contributed by atoms with E-state index in [9.17, 15) is 4.79 Å². The molecular formula is C18H17Cl2NO. The second-order valence-corrected chi connectivity index (χ2v) is 6.81. The van der Waals surface area contributed by atoms with Gasteiger partial charge in [0.15, 0.2) is 0 Å². The van der Waals surface area contributed by atoms with E-state index in [-0.39, 0.29) is 17.7 Å². The molecule has 2 aromatic carbocycles. The van der Waals surface area contributed by atoms with Crippen molar-refractivity contribution in [3.05, 3.63) is 63.1 Å². The van der Waals surface area contributed by atoms with Crippen LogP contribution in [0.1, 0.15) is 29.0 Å². The highest BCUT2D eigenvalue weighted by atomic mass is 35.5. The number of rotatable bonds is 3. The molecule has 0 aliphatic heterocycles. The molecule has 0 spiro atoms. The minimum atomic E-state index is -0.00357. The van der Waals surface area contributed by atoms with Crippen LogP contribution in [0.2, 0.25) is 10.0 Å². The lowest BCUT2D eigenvalue weighted by Gasteiger charge is -2.08. The summed E-state index contributed by atoms with van der Waals surface area (Å²) < 4.78 is 0. The molecule has 0 saturated heterocycles. The first-order valence-corrected chi connectivity index (χ1v) is 8.04. The summed E-state index contributed by atoms with van der Waals surface area (Å²) in [5.41, 5.74) is 4.28. The van der Waals surface area contributed by atoms with Gasteiger partial charge in [-0.05, 0) is 73.2 Å². The summed E-state index contributed by atoms with van der Waals surface area (Å²) in [6, 6.07) is 11.4. The van der Waals surface area contributed by atoms with Crippen LogP contribution < -0.4 is 5.32 Å². The Kier molecular flexibility index (Phi) is 4.16. The molecule has 2 nitrogen and oxygen atoms in total. The van der Waals surface area contributed by atoms with Crippen LogP contribution in [0.4, 0.5) is 5.69 Å². The molecule has 1 aliphatic carbocycles. The number of hydrogen-bond acceptors (Lipinski definition) is 1. The van der Waals surface area contributed by atoms with Crippen LogP contribution in [0, 0.1) is 19.8 Å². The summed E-state index contributed by atoms with van der Waals surface area (Å²) >= 11 is 12.1. The van der Waals surface area contributed by atoms with Crippen LogP contribution in [0.5, 0.6) is 0 Å². The Morgan fingerprint density at radius 2 is 1.73 bits per heavy atom. The number of nitrogens with one attached hydrogen (secondary N) is 1. The van der Waals surface area contributed by atoms with Gasteiger partial charge in [-0.2, -0.15) is 0 Å². The maximum absolute atomic E-state index is 12.3. The Hall–Kier alpha value is -1.51. The second kappa shape index (κ2) is 5.94. The number of halogens is 2. The Morgan fingerprint density at radius 1 is 1.05 bits per heavy atom. The topological polar surface area (TPSA) is 29.1 Å². The largest absolute Gasteiger partial charge is 0.326 e. The van der Waals surface area contributed by atoms with E-state index in [4.69, 9.17) is 23.2 Å². The fourth-order valence-electron chi connectivity index (χ4n) is 2.70. The highest BCUT2D eigenvalue weighted by Crippen LogP contribution is 2.49. The number of amides is 1. The van der Waals surface area contributed by atoms with E-state index >= 15 is 0 Å². The van der Waals surface area contributed by atoms with Gasteiger partial charge in [-0.15, -0.1) is 0 Å². The molecule has 4 heteroatoms. The molecule has 2 unspecified atom stereocenters. The third kappa shape index (κ3) is 3.29. The van der Waals surface area contributed by atoms with Gasteiger partial charge in [-0.1, -0.05) is 29.3 Å². The molecule has 1 amide bonds. The van der Waals surface area contributed by atoms with Gasteiger partial charge in [0.2, 0.25) is 5.91 Å². The highest BCUT2D eigenvalue weighted by Gasteiger charge is 2.44. The fraction of sp³-hybridized carbons (Fsp3) is 0.278. The fourth-order valence-corrected chi connectivity index (χ4v) is 3.24. The first-order chi connectivity index (χ1) is 10.4. The second-order valence-electron chi connectivity index (χ2n) is 5.94. The van der Waals surface area contributed by atoms with Crippen molar-refractivity contribution in [2.24, 2.45) is 5.92 Å². The third-order valence-electron chi connectivity index (χ3n) is 4.21.